The van der Waals surface area contributed by atoms with E-state index in [2.05, 4.69) is 31.2 Å². The van der Waals surface area contributed by atoms with Gasteiger partial charge in [-0.25, -0.2) is 0 Å². The Kier molecular flexibility index (Phi) is 7.02. The third-order valence-corrected chi connectivity index (χ3v) is 4.23. The zero-order valence-corrected chi connectivity index (χ0v) is 15.5. The third-order valence-electron chi connectivity index (χ3n) is 4.23. The highest BCUT2D eigenvalue weighted by Crippen LogP contribution is 2.24. The minimum Gasteiger partial charge on any atom is -0.496 e. The van der Waals surface area contributed by atoms with Crippen molar-refractivity contribution in [2.75, 3.05) is 27.4 Å². The number of ether oxygens (including phenoxy) is 2. The Bertz CT molecular complexity index is 695. The predicted molar refractivity (Wildman–Crippen MR) is 100 cm³/mol. The van der Waals surface area contributed by atoms with Crippen LogP contribution in [0.5, 0.6) is 5.75 Å². The number of nitrogens with zero attached hydrogens (tertiary/aromatic N) is 1. The summed E-state index contributed by atoms with van der Waals surface area (Å²) in [5.41, 5.74) is 3.88. The average Bonchev–Trinajstić information content (AvgIpc) is 2.62. The average molecular weight is 341 g/mol. The van der Waals surface area contributed by atoms with Crippen molar-refractivity contribution in [3.8, 4) is 5.75 Å². The number of methoxy groups -OCH3 is 2. The Morgan fingerprint density at radius 3 is 2.40 bits per heavy atom. The van der Waals surface area contributed by atoms with Crippen LogP contribution in [0.1, 0.15) is 33.5 Å². The molecule has 4 heteroatoms. The Balaban J connectivity index is 2.27. The first-order valence-corrected chi connectivity index (χ1v) is 8.54. The van der Waals surface area contributed by atoms with Crippen LogP contribution in [0.4, 0.5) is 0 Å². The maximum absolute atomic E-state index is 13.2. The van der Waals surface area contributed by atoms with Gasteiger partial charge in [-0.1, -0.05) is 42.0 Å². The van der Waals surface area contributed by atoms with E-state index in [9.17, 15) is 4.79 Å². The lowest BCUT2D eigenvalue weighted by atomic mass is 10.1. The maximum Gasteiger partial charge on any atom is 0.258 e. The molecule has 0 saturated carbocycles. The van der Waals surface area contributed by atoms with E-state index < -0.39 is 0 Å². The van der Waals surface area contributed by atoms with Gasteiger partial charge in [-0.2, -0.15) is 0 Å². The Morgan fingerprint density at radius 1 is 1.04 bits per heavy atom. The molecule has 0 bridgehead atoms. The first-order valence-electron chi connectivity index (χ1n) is 8.54. The summed E-state index contributed by atoms with van der Waals surface area (Å²) < 4.78 is 10.6. The van der Waals surface area contributed by atoms with E-state index in [4.69, 9.17) is 9.47 Å². The van der Waals surface area contributed by atoms with E-state index in [0.29, 0.717) is 31.0 Å². The fourth-order valence-corrected chi connectivity index (χ4v) is 2.81. The van der Waals surface area contributed by atoms with E-state index in [1.165, 1.54) is 5.56 Å². The van der Waals surface area contributed by atoms with Crippen molar-refractivity contribution in [1.82, 2.24) is 4.90 Å². The Labute approximate surface area is 150 Å². The number of amides is 1. The molecule has 0 spiro atoms. The van der Waals surface area contributed by atoms with Gasteiger partial charge in [0.05, 0.1) is 12.7 Å². The van der Waals surface area contributed by atoms with E-state index >= 15 is 0 Å². The van der Waals surface area contributed by atoms with Crippen molar-refractivity contribution >= 4 is 5.91 Å². The van der Waals surface area contributed by atoms with Crippen LogP contribution in [-0.4, -0.2) is 38.2 Å². The van der Waals surface area contributed by atoms with E-state index in [0.717, 1.165) is 17.5 Å². The lowest BCUT2D eigenvalue weighted by Gasteiger charge is -2.25. The molecule has 2 aromatic rings. The molecule has 0 heterocycles. The van der Waals surface area contributed by atoms with Crippen LogP contribution < -0.4 is 4.74 Å². The van der Waals surface area contributed by atoms with Gasteiger partial charge in [0.2, 0.25) is 0 Å². The van der Waals surface area contributed by atoms with Gasteiger partial charge >= 0.3 is 0 Å². The van der Waals surface area contributed by atoms with Crippen LogP contribution in [0.3, 0.4) is 0 Å². The van der Waals surface area contributed by atoms with Crippen LogP contribution in [0.2, 0.25) is 0 Å². The van der Waals surface area contributed by atoms with E-state index in [1.54, 1.807) is 14.2 Å². The summed E-state index contributed by atoms with van der Waals surface area (Å²) in [5.74, 6) is 0.609. The predicted octanol–water partition coefficient (Wildman–Crippen LogP) is 3.99. The molecular weight excluding hydrogens is 314 g/mol. The molecule has 0 saturated heterocycles. The Hall–Kier alpha value is -2.33. The molecule has 0 fully saturated rings. The van der Waals surface area contributed by atoms with Crippen molar-refractivity contribution in [3.63, 3.8) is 0 Å². The number of benzene rings is 2. The van der Waals surface area contributed by atoms with Gasteiger partial charge in [-0.3, -0.25) is 4.79 Å². The third kappa shape index (κ3) is 5.07. The molecule has 25 heavy (non-hydrogen) atoms. The number of hydrogen-bond donors (Lipinski definition) is 0. The summed E-state index contributed by atoms with van der Waals surface area (Å²) >= 11 is 0. The van der Waals surface area contributed by atoms with Gasteiger partial charge < -0.3 is 14.4 Å². The molecule has 0 aliphatic rings. The van der Waals surface area contributed by atoms with Crippen molar-refractivity contribution in [2.24, 2.45) is 0 Å². The SMILES string of the molecule is COCCCN(Cc1ccc(C)cc1)C(=O)c1c(C)cccc1OC. The number of carbonyl (C=O) groups excluding carboxylic acids is 1. The maximum atomic E-state index is 13.2. The van der Waals surface area contributed by atoms with Crippen molar-refractivity contribution in [3.05, 3.63) is 64.7 Å². The van der Waals surface area contributed by atoms with Gasteiger partial charge in [0.25, 0.3) is 5.91 Å². The van der Waals surface area contributed by atoms with Gasteiger partial charge in [0.1, 0.15) is 5.75 Å². The van der Waals surface area contributed by atoms with Gasteiger partial charge in [-0.05, 0) is 37.5 Å². The van der Waals surface area contributed by atoms with Crippen LogP contribution >= 0.6 is 0 Å². The summed E-state index contributed by atoms with van der Waals surface area (Å²) in [6, 6.07) is 14.0. The van der Waals surface area contributed by atoms with Crippen molar-refractivity contribution in [1.29, 1.82) is 0 Å². The summed E-state index contributed by atoms with van der Waals surface area (Å²) in [5, 5.41) is 0. The van der Waals surface area contributed by atoms with Gasteiger partial charge in [0.15, 0.2) is 0 Å². The van der Waals surface area contributed by atoms with E-state index in [-0.39, 0.29) is 5.91 Å². The highest BCUT2D eigenvalue weighted by atomic mass is 16.5. The summed E-state index contributed by atoms with van der Waals surface area (Å²) in [6.45, 7) is 5.83. The molecule has 134 valence electrons. The normalized spacial score (nSPS) is 10.6. The van der Waals surface area contributed by atoms with E-state index in [1.807, 2.05) is 30.0 Å². The first-order chi connectivity index (χ1) is 12.1. The molecule has 4 nitrogen and oxygen atoms in total. The molecule has 0 atom stereocenters. The molecule has 1 amide bonds. The first kappa shape index (κ1) is 19.0. The largest absolute Gasteiger partial charge is 0.496 e. The fraction of sp³-hybridized carbons (Fsp3) is 0.381. The van der Waals surface area contributed by atoms with Crippen LogP contribution in [0, 0.1) is 13.8 Å². The second-order valence-corrected chi connectivity index (χ2v) is 6.21. The van der Waals surface area contributed by atoms with Gasteiger partial charge in [-0.15, -0.1) is 0 Å². The monoisotopic (exact) mass is 341 g/mol. The van der Waals surface area contributed by atoms with Crippen LogP contribution in [-0.2, 0) is 11.3 Å². The van der Waals surface area contributed by atoms with Crippen LogP contribution in [0.15, 0.2) is 42.5 Å². The summed E-state index contributed by atoms with van der Waals surface area (Å²) in [7, 11) is 3.28. The minimum atomic E-state index is -0.00775. The minimum absolute atomic E-state index is 0.00775. The topological polar surface area (TPSA) is 38.8 Å². The molecule has 0 aliphatic heterocycles. The number of aryl methyl sites for hydroxylation is 2. The molecule has 0 radical (unpaired) electrons. The molecule has 0 N–H and O–H groups in total. The van der Waals surface area contributed by atoms with Crippen LogP contribution in [0.25, 0.3) is 0 Å². The second-order valence-electron chi connectivity index (χ2n) is 6.21. The quantitative estimate of drug-likeness (QED) is 0.682. The lowest BCUT2D eigenvalue weighted by Crippen LogP contribution is -2.33. The molecule has 0 aromatic heterocycles. The molecule has 0 unspecified atom stereocenters. The zero-order valence-electron chi connectivity index (χ0n) is 15.5. The zero-order chi connectivity index (χ0) is 18.2. The molecule has 2 rings (SSSR count). The fourth-order valence-electron chi connectivity index (χ4n) is 2.81. The highest BCUT2D eigenvalue weighted by Gasteiger charge is 2.21. The standard InChI is InChI=1S/C21H27NO3/c1-16-9-11-18(12-10-16)15-22(13-6-14-24-3)21(23)20-17(2)7-5-8-19(20)25-4/h5,7-12H,6,13-15H2,1-4H3. The number of rotatable bonds is 8. The van der Waals surface area contributed by atoms with Gasteiger partial charge in [0, 0.05) is 26.8 Å². The molecule has 0 aliphatic carbocycles. The number of carbonyl (C=O) groups is 1. The molecular formula is C21H27NO3. The lowest BCUT2D eigenvalue weighted by molar-refractivity contribution is 0.0719. The second kappa shape index (κ2) is 9.23. The summed E-state index contributed by atoms with van der Waals surface area (Å²) in [4.78, 5) is 15.1. The van der Waals surface area contributed by atoms with Crippen molar-refractivity contribution < 1.29 is 14.3 Å². The molecule has 2 aromatic carbocycles. The highest BCUT2D eigenvalue weighted by molar-refractivity contribution is 5.98. The smallest absolute Gasteiger partial charge is 0.258 e. The Morgan fingerprint density at radius 2 is 1.76 bits per heavy atom. The number of hydrogen-bond acceptors (Lipinski definition) is 3. The van der Waals surface area contributed by atoms with Crippen molar-refractivity contribution in [2.45, 2.75) is 26.8 Å². The summed E-state index contributed by atoms with van der Waals surface area (Å²) in [6.07, 6.45) is 0.794.